The van der Waals surface area contributed by atoms with Gasteiger partial charge in [-0.3, -0.25) is 4.79 Å². The minimum atomic E-state index is -3.56. The molecular weight excluding hydrogens is 318 g/mol. The van der Waals surface area contributed by atoms with E-state index in [1.165, 1.54) is 8.61 Å². The van der Waals surface area contributed by atoms with Crippen molar-refractivity contribution in [1.29, 1.82) is 0 Å². The fourth-order valence-corrected chi connectivity index (χ4v) is 4.13. The maximum atomic E-state index is 12.7. The SMILES string of the molecule is C[C@H]1CN(S(=O)(=O)N(C)Cc2ccc(C(N)=O)cc2)C[C@H](C)O1. The van der Waals surface area contributed by atoms with Crippen LogP contribution in [0.2, 0.25) is 0 Å². The normalized spacial score (nSPS) is 23.1. The summed E-state index contributed by atoms with van der Waals surface area (Å²) in [6.45, 7) is 4.64. The summed E-state index contributed by atoms with van der Waals surface area (Å²) in [7, 11) is -2.01. The Morgan fingerprint density at radius 1 is 1.26 bits per heavy atom. The van der Waals surface area contributed by atoms with E-state index in [1.807, 2.05) is 13.8 Å². The van der Waals surface area contributed by atoms with E-state index in [2.05, 4.69) is 0 Å². The molecule has 1 amide bonds. The van der Waals surface area contributed by atoms with E-state index in [0.29, 0.717) is 18.7 Å². The Bertz CT molecular complexity index is 650. The average molecular weight is 341 g/mol. The molecule has 0 aromatic heterocycles. The molecule has 0 unspecified atom stereocenters. The summed E-state index contributed by atoms with van der Waals surface area (Å²) < 4.78 is 33.7. The van der Waals surface area contributed by atoms with Crippen LogP contribution in [0.5, 0.6) is 0 Å². The standard InChI is InChI=1S/C15H23N3O4S/c1-11-8-18(9-12(2)22-11)23(20,21)17(3)10-13-4-6-14(7-5-13)15(16)19/h4-7,11-12H,8-10H2,1-3H3,(H2,16,19)/t11-,12-/m0/s1. The number of hydrogen-bond acceptors (Lipinski definition) is 4. The van der Waals surface area contributed by atoms with Crippen molar-refractivity contribution in [1.82, 2.24) is 8.61 Å². The molecule has 1 heterocycles. The van der Waals surface area contributed by atoms with Crippen LogP contribution in [0.3, 0.4) is 0 Å². The first-order chi connectivity index (χ1) is 10.7. The molecule has 0 radical (unpaired) electrons. The fourth-order valence-electron chi connectivity index (χ4n) is 2.63. The van der Waals surface area contributed by atoms with Crippen LogP contribution >= 0.6 is 0 Å². The maximum absolute atomic E-state index is 12.7. The van der Waals surface area contributed by atoms with E-state index < -0.39 is 16.1 Å². The lowest BCUT2D eigenvalue weighted by atomic mass is 10.1. The van der Waals surface area contributed by atoms with Crippen LogP contribution in [-0.2, 0) is 21.5 Å². The van der Waals surface area contributed by atoms with Crippen LogP contribution in [0, 0.1) is 0 Å². The second-order valence-electron chi connectivity index (χ2n) is 5.90. The Hall–Kier alpha value is -1.48. The number of primary amides is 1. The number of nitrogens with zero attached hydrogens (tertiary/aromatic N) is 2. The first-order valence-corrected chi connectivity index (χ1v) is 8.85. The molecule has 0 saturated carbocycles. The molecule has 2 atom stereocenters. The first-order valence-electron chi connectivity index (χ1n) is 7.45. The predicted octanol–water partition coefficient (Wildman–Crippen LogP) is 0.571. The van der Waals surface area contributed by atoms with Gasteiger partial charge in [0.15, 0.2) is 0 Å². The van der Waals surface area contributed by atoms with Crippen LogP contribution in [-0.4, -0.2) is 55.3 Å². The van der Waals surface area contributed by atoms with Gasteiger partial charge in [0, 0.05) is 32.2 Å². The fraction of sp³-hybridized carbons (Fsp3) is 0.533. The van der Waals surface area contributed by atoms with E-state index in [-0.39, 0.29) is 18.8 Å². The molecule has 7 nitrogen and oxygen atoms in total. The number of nitrogens with two attached hydrogens (primary N) is 1. The lowest BCUT2D eigenvalue weighted by Gasteiger charge is -2.36. The molecule has 1 aliphatic heterocycles. The Kier molecular flexibility index (Phi) is 5.41. The highest BCUT2D eigenvalue weighted by molar-refractivity contribution is 7.86. The minimum Gasteiger partial charge on any atom is -0.373 e. The van der Waals surface area contributed by atoms with E-state index in [1.54, 1.807) is 31.3 Å². The number of carbonyl (C=O) groups excluding carboxylic acids is 1. The minimum absolute atomic E-state index is 0.128. The summed E-state index contributed by atoms with van der Waals surface area (Å²) in [5, 5.41) is 0. The molecule has 8 heteroatoms. The molecule has 2 rings (SSSR count). The number of amides is 1. The van der Waals surface area contributed by atoms with E-state index >= 15 is 0 Å². The highest BCUT2D eigenvalue weighted by Gasteiger charge is 2.33. The monoisotopic (exact) mass is 341 g/mol. The van der Waals surface area contributed by atoms with Crippen LogP contribution in [0.1, 0.15) is 29.8 Å². The predicted molar refractivity (Wildman–Crippen MR) is 86.9 cm³/mol. The van der Waals surface area contributed by atoms with Crippen molar-refractivity contribution in [2.24, 2.45) is 5.73 Å². The average Bonchev–Trinajstić information content (AvgIpc) is 2.46. The number of ether oxygens (including phenoxy) is 1. The summed E-state index contributed by atoms with van der Waals surface area (Å²) in [6.07, 6.45) is -0.256. The van der Waals surface area contributed by atoms with Crippen molar-refractivity contribution in [3.63, 3.8) is 0 Å². The zero-order valence-electron chi connectivity index (χ0n) is 13.6. The lowest BCUT2D eigenvalue weighted by Crippen LogP contribution is -2.52. The van der Waals surface area contributed by atoms with E-state index in [0.717, 1.165) is 5.56 Å². The molecule has 1 saturated heterocycles. The van der Waals surface area contributed by atoms with Gasteiger partial charge in [-0.1, -0.05) is 12.1 Å². The number of morpholine rings is 1. The van der Waals surface area contributed by atoms with Crippen molar-refractivity contribution in [3.05, 3.63) is 35.4 Å². The number of hydrogen-bond donors (Lipinski definition) is 1. The summed E-state index contributed by atoms with van der Waals surface area (Å²) in [5.74, 6) is -0.506. The highest BCUT2D eigenvalue weighted by atomic mass is 32.2. The third kappa shape index (κ3) is 4.29. The quantitative estimate of drug-likeness (QED) is 0.847. The summed E-state index contributed by atoms with van der Waals surface area (Å²) in [5.41, 5.74) is 6.38. The van der Waals surface area contributed by atoms with Gasteiger partial charge < -0.3 is 10.5 Å². The third-order valence-electron chi connectivity index (χ3n) is 3.75. The van der Waals surface area contributed by atoms with Crippen molar-refractivity contribution < 1.29 is 17.9 Å². The lowest BCUT2D eigenvalue weighted by molar-refractivity contribution is -0.0453. The molecule has 23 heavy (non-hydrogen) atoms. The highest BCUT2D eigenvalue weighted by Crippen LogP contribution is 2.18. The van der Waals surface area contributed by atoms with Gasteiger partial charge in [-0.05, 0) is 31.5 Å². The third-order valence-corrected chi connectivity index (χ3v) is 5.62. The number of rotatable bonds is 5. The van der Waals surface area contributed by atoms with Crippen molar-refractivity contribution >= 4 is 16.1 Å². The molecule has 1 aromatic rings. The Labute approximate surface area is 137 Å². The molecule has 128 valence electrons. The largest absolute Gasteiger partial charge is 0.373 e. The van der Waals surface area contributed by atoms with Gasteiger partial charge in [-0.15, -0.1) is 0 Å². The molecule has 0 aliphatic carbocycles. The Morgan fingerprint density at radius 3 is 2.26 bits per heavy atom. The number of benzene rings is 1. The van der Waals surface area contributed by atoms with Gasteiger partial charge in [0.2, 0.25) is 5.91 Å². The van der Waals surface area contributed by atoms with E-state index in [9.17, 15) is 13.2 Å². The van der Waals surface area contributed by atoms with Crippen LogP contribution in [0.15, 0.2) is 24.3 Å². The van der Waals surface area contributed by atoms with Gasteiger partial charge in [-0.2, -0.15) is 17.0 Å². The van der Waals surface area contributed by atoms with Crippen molar-refractivity contribution in [2.45, 2.75) is 32.6 Å². The maximum Gasteiger partial charge on any atom is 0.282 e. The molecule has 1 aliphatic rings. The Morgan fingerprint density at radius 2 is 1.78 bits per heavy atom. The van der Waals surface area contributed by atoms with Crippen LogP contribution in [0.4, 0.5) is 0 Å². The van der Waals surface area contributed by atoms with Gasteiger partial charge in [-0.25, -0.2) is 0 Å². The zero-order chi connectivity index (χ0) is 17.2. The molecule has 1 fully saturated rings. The molecule has 2 N–H and O–H groups in total. The Balaban J connectivity index is 2.09. The van der Waals surface area contributed by atoms with E-state index in [4.69, 9.17) is 10.5 Å². The summed E-state index contributed by atoms with van der Waals surface area (Å²) in [4.78, 5) is 11.1. The molecular formula is C15H23N3O4S. The summed E-state index contributed by atoms with van der Waals surface area (Å²) >= 11 is 0. The summed E-state index contributed by atoms with van der Waals surface area (Å²) in [6, 6.07) is 6.60. The molecule has 0 bridgehead atoms. The van der Waals surface area contributed by atoms with Gasteiger partial charge >= 0.3 is 0 Å². The topological polar surface area (TPSA) is 92.9 Å². The van der Waals surface area contributed by atoms with Crippen LogP contribution < -0.4 is 5.73 Å². The van der Waals surface area contributed by atoms with Gasteiger partial charge in [0.25, 0.3) is 10.2 Å². The first kappa shape index (κ1) is 17.9. The second kappa shape index (κ2) is 6.96. The zero-order valence-corrected chi connectivity index (χ0v) is 14.4. The van der Waals surface area contributed by atoms with Crippen LogP contribution in [0.25, 0.3) is 0 Å². The van der Waals surface area contributed by atoms with Gasteiger partial charge in [0.1, 0.15) is 0 Å². The number of carbonyl (C=O) groups is 1. The molecule has 1 aromatic carbocycles. The van der Waals surface area contributed by atoms with Crippen molar-refractivity contribution in [3.8, 4) is 0 Å². The smallest absolute Gasteiger partial charge is 0.282 e. The van der Waals surface area contributed by atoms with Crippen molar-refractivity contribution in [2.75, 3.05) is 20.1 Å². The second-order valence-corrected chi connectivity index (χ2v) is 7.93. The molecule has 0 spiro atoms. The van der Waals surface area contributed by atoms with Gasteiger partial charge in [0.05, 0.1) is 12.2 Å².